The van der Waals surface area contributed by atoms with Crippen molar-refractivity contribution in [1.82, 2.24) is 9.97 Å². The number of hydrogen-bond acceptors (Lipinski definition) is 7. The second-order valence-corrected chi connectivity index (χ2v) is 7.06. The van der Waals surface area contributed by atoms with Crippen LogP contribution in [0, 0.1) is 0 Å². The molecule has 146 valence electrons. The van der Waals surface area contributed by atoms with Gasteiger partial charge >= 0.3 is 5.97 Å². The smallest absolute Gasteiger partial charge is 0.339 e. The maximum absolute atomic E-state index is 12.8. The molecule has 29 heavy (non-hydrogen) atoms. The number of hydrogen-bond donors (Lipinski definition) is 1. The van der Waals surface area contributed by atoms with Crippen molar-refractivity contribution in [2.75, 3.05) is 5.32 Å². The molecular weight excluding hydrogens is 390 g/mol. The first kappa shape index (κ1) is 18.8. The van der Waals surface area contributed by atoms with Gasteiger partial charge in [0.1, 0.15) is 5.52 Å². The van der Waals surface area contributed by atoms with Crippen molar-refractivity contribution in [2.24, 2.45) is 0 Å². The molecule has 4 rings (SSSR count). The topological polar surface area (TPSA) is 94.3 Å². The van der Waals surface area contributed by atoms with Crippen molar-refractivity contribution in [2.45, 2.75) is 19.4 Å². The fourth-order valence-electron chi connectivity index (χ4n) is 2.82. The third-order valence-corrected chi connectivity index (χ3v) is 4.93. The summed E-state index contributed by atoms with van der Waals surface area (Å²) in [6, 6.07) is 14.2. The fraction of sp³-hybridized carbons (Fsp3) is 0.143. The zero-order valence-electron chi connectivity index (χ0n) is 15.5. The van der Waals surface area contributed by atoms with E-state index in [0.717, 1.165) is 0 Å². The highest BCUT2D eigenvalue weighted by Gasteiger charge is 2.25. The minimum atomic E-state index is -0.942. The van der Waals surface area contributed by atoms with Crippen molar-refractivity contribution in [3.8, 4) is 11.5 Å². The number of rotatable bonds is 6. The lowest BCUT2D eigenvalue weighted by molar-refractivity contribution is -0.124. The van der Waals surface area contributed by atoms with E-state index in [9.17, 15) is 9.59 Å². The van der Waals surface area contributed by atoms with Crippen LogP contribution in [0.1, 0.15) is 23.7 Å². The predicted octanol–water partition coefficient (Wildman–Crippen LogP) is 4.53. The summed E-state index contributed by atoms with van der Waals surface area (Å²) < 4.78 is 11.3. The molecule has 0 radical (unpaired) electrons. The van der Waals surface area contributed by atoms with Crippen LogP contribution < -0.4 is 5.32 Å². The molecule has 0 aliphatic heterocycles. The van der Waals surface area contributed by atoms with Crippen LogP contribution in [0.2, 0.25) is 0 Å². The largest absolute Gasteiger partial charge is 0.449 e. The highest BCUT2D eigenvalue weighted by atomic mass is 32.1. The molecule has 1 atom stereocenters. The van der Waals surface area contributed by atoms with E-state index in [1.54, 1.807) is 42.8 Å². The molecule has 2 aromatic heterocycles. The van der Waals surface area contributed by atoms with E-state index in [2.05, 4.69) is 15.3 Å². The third-order valence-electron chi connectivity index (χ3n) is 4.25. The summed E-state index contributed by atoms with van der Waals surface area (Å²) in [5, 5.41) is 4.86. The molecule has 0 fully saturated rings. The highest BCUT2D eigenvalue weighted by Crippen LogP contribution is 2.27. The number of anilines is 1. The van der Waals surface area contributed by atoms with Gasteiger partial charge in [0, 0.05) is 11.6 Å². The molecule has 0 saturated heterocycles. The van der Waals surface area contributed by atoms with E-state index < -0.39 is 18.0 Å². The quantitative estimate of drug-likeness (QED) is 0.472. The van der Waals surface area contributed by atoms with Gasteiger partial charge in [0.15, 0.2) is 16.8 Å². The Bertz CT molecular complexity index is 1120. The summed E-state index contributed by atoms with van der Waals surface area (Å²) in [6.07, 6.45) is 0.973. The maximum Gasteiger partial charge on any atom is 0.339 e. The Labute approximate surface area is 170 Å². The molecule has 4 aromatic rings. The third kappa shape index (κ3) is 4.02. The summed E-state index contributed by atoms with van der Waals surface area (Å²) in [4.78, 5) is 33.7. The molecule has 0 aliphatic carbocycles. The highest BCUT2D eigenvalue weighted by molar-refractivity contribution is 7.13. The Kier molecular flexibility index (Phi) is 5.35. The number of para-hydroxylation sites is 2. The summed E-state index contributed by atoms with van der Waals surface area (Å²) in [7, 11) is 0. The lowest BCUT2D eigenvalue weighted by atomic mass is 10.1. The average molecular weight is 407 g/mol. The molecule has 8 heteroatoms. The number of oxazole rings is 1. The van der Waals surface area contributed by atoms with Gasteiger partial charge in [-0.1, -0.05) is 31.2 Å². The zero-order valence-corrected chi connectivity index (χ0v) is 16.3. The molecule has 0 aliphatic rings. The summed E-state index contributed by atoms with van der Waals surface area (Å²) in [6.45, 7) is 1.77. The second kappa shape index (κ2) is 8.24. The molecule has 0 spiro atoms. The van der Waals surface area contributed by atoms with Gasteiger partial charge in [-0.3, -0.25) is 10.1 Å². The van der Waals surface area contributed by atoms with Crippen molar-refractivity contribution in [3.63, 3.8) is 0 Å². The Balaban J connectivity index is 1.57. The molecule has 2 aromatic carbocycles. The van der Waals surface area contributed by atoms with Gasteiger partial charge in [0.25, 0.3) is 5.91 Å². The number of esters is 1. The van der Waals surface area contributed by atoms with Crippen molar-refractivity contribution >= 4 is 39.4 Å². The van der Waals surface area contributed by atoms with Crippen LogP contribution in [0.15, 0.2) is 64.5 Å². The van der Waals surface area contributed by atoms with E-state index in [4.69, 9.17) is 9.15 Å². The number of benzene rings is 2. The lowest BCUT2D eigenvalue weighted by Gasteiger charge is -2.16. The number of nitrogens with one attached hydrogen (secondary N) is 1. The standard InChI is InChI=1S/C21H17N3O4S/c1-2-16(18(25)24-21-22-11-12-29-21)28-20(26)14-8-4-3-7-13(14)19-23-15-9-5-6-10-17(15)27-19/h3-12,16H,2H2,1H3,(H,22,24,25). The number of amides is 1. The number of ether oxygens (including phenoxy) is 1. The molecule has 2 heterocycles. The Hall–Kier alpha value is -3.52. The number of aromatic nitrogens is 2. The molecule has 0 saturated carbocycles. The number of carbonyl (C=O) groups excluding carboxylic acids is 2. The van der Waals surface area contributed by atoms with Crippen molar-refractivity contribution in [3.05, 3.63) is 65.7 Å². The molecule has 1 unspecified atom stereocenters. The van der Waals surface area contributed by atoms with E-state index in [1.807, 2.05) is 24.3 Å². The first-order chi connectivity index (χ1) is 14.2. The van der Waals surface area contributed by atoms with Gasteiger partial charge in [-0.05, 0) is 30.7 Å². The van der Waals surface area contributed by atoms with Crippen LogP contribution in [0.4, 0.5) is 5.13 Å². The van der Waals surface area contributed by atoms with E-state index in [0.29, 0.717) is 34.1 Å². The molecule has 1 amide bonds. The zero-order chi connectivity index (χ0) is 20.2. The van der Waals surface area contributed by atoms with Gasteiger partial charge in [-0.15, -0.1) is 11.3 Å². The minimum Gasteiger partial charge on any atom is -0.449 e. The van der Waals surface area contributed by atoms with Gasteiger partial charge in [0.05, 0.1) is 11.1 Å². The van der Waals surface area contributed by atoms with Gasteiger partial charge in [-0.25, -0.2) is 14.8 Å². The Morgan fingerprint density at radius 3 is 2.72 bits per heavy atom. The van der Waals surface area contributed by atoms with Gasteiger partial charge in [-0.2, -0.15) is 0 Å². The fourth-order valence-corrected chi connectivity index (χ4v) is 3.35. The van der Waals surface area contributed by atoms with Crippen LogP contribution in [-0.2, 0) is 9.53 Å². The van der Waals surface area contributed by atoms with E-state index >= 15 is 0 Å². The summed E-state index contributed by atoms with van der Waals surface area (Å²) in [5.41, 5.74) is 2.10. The van der Waals surface area contributed by atoms with Crippen LogP contribution in [0.5, 0.6) is 0 Å². The molecular formula is C21H17N3O4S. The molecule has 0 bridgehead atoms. The lowest BCUT2D eigenvalue weighted by Crippen LogP contribution is -2.32. The number of fused-ring (bicyclic) bond motifs is 1. The number of carbonyl (C=O) groups is 2. The minimum absolute atomic E-state index is 0.277. The van der Waals surface area contributed by atoms with Gasteiger partial charge < -0.3 is 9.15 Å². The van der Waals surface area contributed by atoms with E-state index in [1.165, 1.54) is 11.3 Å². The van der Waals surface area contributed by atoms with Crippen LogP contribution in [-0.4, -0.2) is 27.9 Å². The maximum atomic E-state index is 12.8. The molecule has 1 N–H and O–H groups in total. The van der Waals surface area contributed by atoms with Crippen LogP contribution in [0.25, 0.3) is 22.6 Å². The monoisotopic (exact) mass is 407 g/mol. The van der Waals surface area contributed by atoms with Crippen molar-refractivity contribution < 1.29 is 18.7 Å². The van der Waals surface area contributed by atoms with E-state index in [-0.39, 0.29) is 5.56 Å². The average Bonchev–Trinajstić information content (AvgIpc) is 3.41. The van der Waals surface area contributed by atoms with Crippen LogP contribution >= 0.6 is 11.3 Å². The summed E-state index contributed by atoms with van der Waals surface area (Å²) >= 11 is 1.29. The second-order valence-electron chi connectivity index (χ2n) is 6.16. The first-order valence-electron chi connectivity index (χ1n) is 9.02. The first-order valence-corrected chi connectivity index (χ1v) is 9.90. The number of nitrogens with zero attached hydrogens (tertiary/aromatic N) is 2. The van der Waals surface area contributed by atoms with Gasteiger partial charge in [0.2, 0.25) is 5.89 Å². The Morgan fingerprint density at radius 2 is 1.97 bits per heavy atom. The molecule has 7 nitrogen and oxygen atoms in total. The normalized spacial score (nSPS) is 11.9. The Morgan fingerprint density at radius 1 is 1.17 bits per heavy atom. The number of thiazole rings is 1. The van der Waals surface area contributed by atoms with Crippen molar-refractivity contribution in [1.29, 1.82) is 0 Å². The summed E-state index contributed by atoms with van der Waals surface area (Å²) in [5.74, 6) is -0.724. The van der Waals surface area contributed by atoms with Crippen LogP contribution in [0.3, 0.4) is 0 Å². The predicted molar refractivity (Wildman–Crippen MR) is 110 cm³/mol. The SMILES string of the molecule is CCC(OC(=O)c1ccccc1-c1nc2ccccc2o1)C(=O)Nc1nccs1.